The summed E-state index contributed by atoms with van der Waals surface area (Å²) in [6, 6.07) is 24.7. The fourth-order valence-electron chi connectivity index (χ4n) is 2.23. The quantitative estimate of drug-likeness (QED) is 0.636. The molecule has 2 aliphatic heterocycles. The molecule has 1 atom stereocenters. The van der Waals surface area contributed by atoms with Gasteiger partial charge in [0, 0.05) is 5.69 Å². The van der Waals surface area contributed by atoms with E-state index in [0.717, 1.165) is 11.4 Å². The van der Waals surface area contributed by atoms with Crippen molar-refractivity contribution in [3.63, 3.8) is 0 Å². The second-order valence-corrected chi connectivity index (χ2v) is 4.78. The Morgan fingerprint density at radius 2 is 1.25 bits per heavy atom. The van der Waals surface area contributed by atoms with E-state index < -0.39 is 0 Å². The molecule has 5 rings (SSSR count). The molecule has 1 unspecified atom stereocenters. The predicted molar refractivity (Wildman–Crippen MR) is 84.1 cm³/mol. The first-order valence-corrected chi connectivity index (χ1v) is 6.78. The third kappa shape index (κ3) is 2.91. The second-order valence-electron chi connectivity index (χ2n) is 4.78. The topological polar surface area (TPSA) is 21.3 Å². The van der Waals surface area contributed by atoms with Crippen molar-refractivity contribution in [2.45, 2.75) is 13.2 Å². The predicted octanol–water partition coefficient (Wildman–Crippen LogP) is 4.68. The first-order valence-electron chi connectivity index (χ1n) is 6.78. The van der Waals surface area contributed by atoms with Gasteiger partial charge in [0.05, 0.1) is 0 Å². The van der Waals surface area contributed by atoms with Crippen LogP contribution < -0.4 is 10.1 Å². The summed E-state index contributed by atoms with van der Waals surface area (Å²) in [5.41, 5.74) is 1.12. The van der Waals surface area contributed by atoms with Crippen LogP contribution >= 0.6 is 0 Å². The molecule has 0 saturated carbocycles. The molecule has 2 heterocycles. The molecule has 0 saturated heterocycles. The number of fused-ring (bicyclic) bond motifs is 5. The minimum absolute atomic E-state index is 0.0926. The number of rotatable bonds is 0. The van der Waals surface area contributed by atoms with E-state index in [1.807, 2.05) is 31.2 Å². The fraction of sp³-hybridized carbons (Fsp3) is 0.111. The minimum Gasteiger partial charge on any atom is -0.471 e. The van der Waals surface area contributed by atoms with E-state index in [9.17, 15) is 0 Å². The van der Waals surface area contributed by atoms with Crippen LogP contribution in [-0.2, 0) is 0 Å². The first-order chi connectivity index (χ1) is 9.81. The molecule has 0 spiro atoms. The zero-order chi connectivity index (χ0) is 13.8. The Morgan fingerprint density at radius 1 is 0.750 bits per heavy atom. The van der Waals surface area contributed by atoms with E-state index >= 15 is 0 Å². The smallest absolute Gasteiger partial charge is 0.167 e. The summed E-state index contributed by atoms with van der Waals surface area (Å²) in [6.45, 7) is 1.99. The van der Waals surface area contributed by atoms with Crippen LogP contribution in [0.4, 0.5) is 5.69 Å². The van der Waals surface area contributed by atoms with Gasteiger partial charge in [0.25, 0.3) is 0 Å². The molecule has 2 heteroatoms. The van der Waals surface area contributed by atoms with Crippen molar-refractivity contribution in [1.29, 1.82) is 0 Å². The highest BCUT2D eigenvalue weighted by Crippen LogP contribution is 2.21. The highest BCUT2D eigenvalue weighted by Gasteiger charge is 2.07. The first kappa shape index (κ1) is 12.5. The molecule has 2 bridgehead atoms. The van der Waals surface area contributed by atoms with Crippen LogP contribution in [0.5, 0.6) is 5.75 Å². The summed E-state index contributed by atoms with van der Waals surface area (Å²) < 4.78 is 5.41. The summed E-state index contributed by atoms with van der Waals surface area (Å²) >= 11 is 0. The molecule has 0 fully saturated rings. The molecule has 0 aliphatic carbocycles. The lowest BCUT2D eigenvalue weighted by Crippen LogP contribution is -2.19. The zero-order valence-corrected chi connectivity index (χ0v) is 11.4. The van der Waals surface area contributed by atoms with Gasteiger partial charge in [-0.1, -0.05) is 48.5 Å². The van der Waals surface area contributed by atoms with Crippen molar-refractivity contribution in [1.82, 2.24) is 0 Å². The summed E-state index contributed by atoms with van der Waals surface area (Å²) in [5, 5.41) is 5.79. The zero-order valence-electron chi connectivity index (χ0n) is 11.4. The molecular weight excluding hydrogens is 246 g/mol. The van der Waals surface area contributed by atoms with Crippen LogP contribution in [0.1, 0.15) is 6.92 Å². The van der Waals surface area contributed by atoms with Gasteiger partial charge in [-0.2, -0.15) is 0 Å². The van der Waals surface area contributed by atoms with Gasteiger partial charge in [-0.3, -0.25) is 0 Å². The van der Waals surface area contributed by atoms with Crippen molar-refractivity contribution in [3.05, 3.63) is 72.8 Å². The van der Waals surface area contributed by atoms with Crippen molar-refractivity contribution < 1.29 is 4.74 Å². The maximum absolute atomic E-state index is 5.41. The van der Waals surface area contributed by atoms with E-state index in [1.54, 1.807) is 0 Å². The number of hydrogen-bond acceptors (Lipinski definition) is 2. The molecule has 1 N–H and O–H groups in total. The van der Waals surface area contributed by atoms with Crippen molar-refractivity contribution >= 4 is 16.5 Å². The average molecular weight is 263 g/mol. The van der Waals surface area contributed by atoms with E-state index in [2.05, 4.69) is 53.8 Å². The lowest BCUT2D eigenvalue weighted by molar-refractivity contribution is 0.254. The van der Waals surface area contributed by atoms with E-state index in [4.69, 9.17) is 4.74 Å². The van der Waals surface area contributed by atoms with Crippen LogP contribution in [0.25, 0.3) is 10.8 Å². The molecule has 0 amide bonds. The number of nitrogens with one attached hydrogen (secondary N) is 1. The number of hydrogen-bond donors (Lipinski definition) is 1. The molecule has 2 aliphatic rings. The Kier molecular flexibility index (Phi) is 3.55. The van der Waals surface area contributed by atoms with E-state index in [-0.39, 0.29) is 6.23 Å². The molecule has 0 aromatic heterocycles. The largest absolute Gasteiger partial charge is 0.471 e. The lowest BCUT2D eigenvalue weighted by Gasteiger charge is -2.11. The minimum atomic E-state index is 0.0926. The summed E-state index contributed by atoms with van der Waals surface area (Å²) in [4.78, 5) is 0. The van der Waals surface area contributed by atoms with Crippen LogP contribution in [-0.4, -0.2) is 6.23 Å². The van der Waals surface area contributed by atoms with Gasteiger partial charge in [0.1, 0.15) is 5.75 Å². The molecule has 100 valence electrons. The van der Waals surface area contributed by atoms with Crippen molar-refractivity contribution in [3.8, 4) is 5.75 Å². The van der Waals surface area contributed by atoms with Gasteiger partial charge < -0.3 is 10.1 Å². The Labute approximate surface area is 119 Å². The highest BCUT2D eigenvalue weighted by atomic mass is 16.5. The summed E-state index contributed by atoms with van der Waals surface area (Å²) in [7, 11) is 0. The van der Waals surface area contributed by atoms with Gasteiger partial charge >= 0.3 is 0 Å². The van der Waals surface area contributed by atoms with Gasteiger partial charge in [0.2, 0.25) is 0 Å². The third-order valence-corrected chi connectivity index (χ3v) is 3.20. The van der Waals surface area contributed by atoms with Gasteiger partial charge in [-0.15, -0.1) is 0 Å². The van der Waals surface area contributed by atoms with Crippen LogP contribution in [0, 0.1) is 0 Å². The van der Waals surface area contributed by atoms with Crippen LogP contribution in [0.2, 0.25) is 0 Å². The molecule has 2 nitrogen and oxygen atoms in total. The molecule has 20 heavy (non-hydrogen) atoms. The Balaban J connectivity index is 0.000000121. The number of anilines is 1. The van der Waals surface area contributed by atoms with Gasteiger partial charge in [-0.25, -0.2) is 0 Å². The summed E-state index contributed by atoms with van der Waals surface area (Å²) in [6.07, 6.45) is 0.0926. The van der Waals surface area contributed by atoms with E-state index in [1.165, 1.54) is 10.8 Å². The Hall–Kier alpha value is -2.48. The van der Waals surface area contributed by atoms with E-state index in [0.29, 0.717) is 0 Å². The average Bonchev–Trinajstić information content (AvgIpc) is 2.78. The fourth-order valence-corrected chi connectivity index (χ4v) is 2.23. The van der Waals surface area contributed by atoms with Crippen LogP contribution in [0.15, 0.2) is 72.8 Å². The maximum Gasteiger partial charge on any atom is 0.167 e. The second kappa shape index (κ2) is 5.66. The number of benzene rings is 3. The maximum atomic E-state index is 5.41. The van der Waals surface area contributed by atoms with Crippen LogP contribution in [0.3, 0.4) is 0 Å². The third-order valence-electron chi connectivity index (χ3n) is 3.20. The molecular formula is C18H17NO. The normalized spacial score (nSPS) is 15.6. The SMILES string of the molecule is CC1Nc2ccc(cc2)O1.c1ccc2ccccc2c1. The Bertz CT molecular complexity index is 601. The molecule has 3 aromatic rings. The number of ether oxygens (including phenoxy) is 1. The molecule has 3 aromatic carbocycles. The molecule has 0 radical (unpaired) electrons. The van der Waals surface area contributed by atoms with Gasteiger partial charge in [0.15, 0.2) is 6.23 Å². The monoisotopic (exact) mass is 263 g/mol. The Morgan fingerprint density at radius 3 is 1.75 bits per heavy atom. The summed E-state index contributed by atoms with van der Waals surface area (Å²) in [5.74, 6) is 0.932. The van der Waals surface area contributed by atoms with Crippen molar-refractivity contribution in [2.75, 3.05) is 5.32 Å². The van der Waals surface area contributed by atoms with Crippen molar-refractivity contribution in [2.24, 2.45) is 0 Å². The standard InChI is InChI=1S/C10H8.C8H9NO/c1-2-6-10-8-4-3-7-9(10)5-1;1-6-9-7-2-4-8(10-6)5-3-7/h1-8H;2-6,9H,1H3. The lowest BCUT2D eigenvalue weighted by atomic mass is 10.1. The highest BCUT2D eigenvalue weighted by molar-refractivity contribution is 5.82. The van der Waals surface area contributed by atoms with Gasteiger partial charge in [-0.05, 0) is 42.0 Å².